The Hall–Kier alpha value is -2.38. The van der Waals surface area contributed by atoms with Gasteiger partial charge in [0.2, 0.25) is 15.9 Å². The number of sulfonamides is 1. The molecule has 1 amide bonds. The highest BCUT2D eigenvalue weighted by atomic mass is 32.2. The summed E-state index contributed by atoms with van der Waals surface area (Å²) in [5, 5.41) is 0. The predicted octanol–water partition coefficient (Wildman–Crippen LogP) is 2.87. The highest BCUT2D eigenvalue weighted by Gasteiger charge is 2.23. The van der Waals surface area contributed by atoms with Crippen LogP contribution in [0, 0.1) is 6.92 Å². The molecule has 1 fully saturated rings. The van der Waals surface area contributed by atoms with Crippen LogP contribution in [0.3, 0.4) is 0 Å². The van der Waals surface area contributed by atoms with E-state index in [1.165, 1.54) is 12.1 Å². The zero-order valence-electron chi connectivity index (χ0n) is 15.5. The van der Waals surface area contributed by atoms with Crippen LogP contribution < -0.4 is 14.4 Å². The lowest BCUT2D eigenvalue weighted by atomic mass is 10.2. The van der Waals surface area contributed by atoms with Crippen molar-refractivity contribution in [3.05, 3.63) is 54.1 Å². The summed E-state index contributed by atoms with van der Waals surface area (Å²) in [5.41, 5.74) is 1.86. The second kappa shape index (κ2) is 8.10. The van der Waals surface area contributed by atoms with Gasteiger partial charge in [0.1, 0.15) is 12.4 Å². The monoisotopic (exact) mass is 388 g/mol. The van der Waals surface area contributed by atoms with Gasteiger partial charge in [-0.15, -0.1) is 0 Å². The zero-order valence-corrected chi connectivity index (χ0v) is 16.3. The third-order valence-corrected chi connectivity index (χ3v) is 6.01. The van der Waals surface area contributed by atoms with Gasteiger partial charge in [0.15, 0.2) is 0 Å². The van der Waals surface area contributed by atoms with Crippen LogP contribution in [0.25, 0.3) is 0 Å². The van der Waals surface area contributed by atoms with Gasteiger partial charge in [-0.3, -0.25) is 4.79 Å². The summed E-state index contributed by atoms with van der Waals surface area (Å²) in [6, 6.07) is 13.6. The third kappa shape index (κ3) is 4.87. The summed E-state index contributed by atoms with van der Waals surface area (Å²) >= 11 is 0. The Labute approximate surface area is 160 Å². The average Bonchev–Trinajstić information content (AvgIpc) is 3.07. The van der Waals surface area contributed by atoms with Crippen molar-refractivity contribution in [2.75, 3.05) is 18.1 Å². The van der Waals surface area contributed by atoms with Crippen molar-refractivity contribution in [2.45, 2.75) is 37.6 Å². The molecule has 7 heteroatoms. The number of amides is 1. The minimum atomic E-state index is -3.66. The minimum Gasteiger partial charge on any atom is -0.492 e. The van der Waals surface area contributed by atoms with Gasteiger partial charge in [-0.05, 0) is 56.7 Å². The standard InChI is InChI=1S/C20H24N2O4S/c1-15-5-9-18(10-6-15)26-14-16(2)21-27(24,25)19-11-7-17(8-12-19)22-13-3-4-20(22)23/h5-12,16,21H,3-4,13-14H2,1-2H3/t16-/m1/s1. The van der Waals surface area contributed by atoms with Gasteiger partial charge in [0.25, 0.3) is 0 Å². The highest BCUT2D eigenvalue weighted by molar-refractivity contribution is 7.89. The number of ether oxygens (including phenoxy) is 1. The molecule has 0 radical (unpaired) electrons. The quantitative estimate of drug-likeness (QED) is 0.791. The molecule has 1 aliphatic rings. The average molecular weight is 388 g/mol. The van der Waals surface area contributed by atoms with E-state index in [1.807, 2.05) is 31.2 Å². The number of carbonyl (C=O) groups excluding carboxylic acids is 1. The first kappa shape index (κ1) is 19.4. The second-order valence-electron chi connectivity index (χ2n) is 6.79. The number of carbonyl (C=O) groups is 1. The molecule has 1 N–H and O–H groups in total. The van der Waals surface area contributed by atoms with Gasteiger partial charge in [-0.2, -0.15) is 0 Å². The molecule has 0 saturated carbocycles. The first-order chi connectivity index (χ1) is 12.8. The summed E-state index contributed by atoms with van der Waals surface area (Å²) in [6.45, 7) is 4.65. The third-order valence-electron chi connectivity index (χ3n) is 4.41. The van der Waals surface area contributed by atoms with Crippen molar-refractivity contribution in [3.63, 3.8) is 0 Å². The second-order valence-corrected chi connectivity index (χ2v) is 8.50. The van der Waals surface area contributed by atoms with E-state index in [4.69, 9.17) is 4.74 Å². The van der Waals surface area contributed by atoms with Crippen molar-refractivity contribution in [1.82, 2.24) is 4.72 Å². The topological polar surface area (TPSA) is 75.7 Å². The summed E-state index contributed by atoms with van der Waals surface area (Å²) in [4.78, 5) is 13.6. The Bertz CT molecular complexity index is 893. The molecule has 3 rings (SSSR count). The van der Waals surface area contributed by atoms with E-state index in [-0.39, 0.29) is 17.4 Å². The number of nitrogens with zero attached hydrogens (tertiary/aromatic N) is 1. The maximum atomic E-state index is 12.5. The molecule has 0 aliphatic carbocycles. The Morgan fingerprint density at radius 2 is 1.78 bits per heavy atom. The van der Waals surface area contributed by atoms with Crippen LogP contribution in [0.15, 0.2) is 53.4 Å². The normalized spacial score (nSPS) is 15.8. The van der Waals surface area contributed by atoms with E-state index in [9.17, 15) is 13.2 Å². The Morgan fingerprint density at radius 3 is 2.37 bits per heavy atom. The van der Waals surface area contributed by atoms with Gasteiger partial charge < -0.3 is 9.64 Å². The van der Waals surface area contributed by atoms with Crippen LogP contribution in [0.2, 0.25) is 0 Å². The Morgan fingerprint density at radius 1 is 1.11 bits per heavy atom. The minimum absolute atomic E-state index is 0.0746. The lowest BCUT2D eigenvalue weighted by molar-refractivity contribution is -0.117. The van der Waals surface area contributed by atoms with Crippen molar-refractivity contribution in [3.8, 4) is 5.75 Å². The van der Waals surface area contributed by atoms with Crippen LogP contribution in [0.1, 0.15) is 25.3 Å². The smallest absolute Gasteiger partial charge is 0.240 e. The van der Waals surface area contributed by atoms with Gasteiger partial charge in [0.05, 0.1) is 10.9 Å². The summed E-state index contributed by atoms with van der Waals surface area (Å²) in [5.74, 6) is 0.775. The van der Waals surface area contributed by atoms with Crippen LogP contribution in [-0.4, -0.2) is 33.5 Å². The van der Waals surface area contributed by atoms with Crippen molar-refractivity contribution in [1.29, 1.82) is 0 Å². The number of nitrogens with one attached hydrogen (secondary N) is 1. The summed E-state index contributed by atoms with van der Waals surface area (Å²) < 4.78 is 33.3. The molecule has 144 valence electrons. The van der Waals surface area contributed by atoms with Gasteiger partial charge >= 0.3 is 0 Å². The molecule has 1 atom stereocenters. The molecule has 2 aromatic carbocycles. The van der Waals surface area contributed by atoms with Crippen LogP contribution in [0.5, 0.6) is 5.75 Å². The molecule has 0 spiro atoms. The van der Waals surface area contributed by atoms with Crippen molar-refractivity contribution in [2.24, 2.45) is 0 Å². The van der Waals surface area contributed by atoms with E-state index < -0.39 is 16.1 Å². The molecule has 1 aliphatic heterocycles. The molecule has 1 heterocycles. The fourth-order valence-corrected chi connectivity index (χ4v) is 4.18. The molecule has 27 heavy (non-hydrogen) atoms. The number of hydrogen-bond donors (Lipinski definition) is 1. The molecule has 0 bridgehead atoms. The molecule has 2 aromatic rings. The first-order valence-corrected chi connectivity index (χ1v) is 10.5. The summed E-state index contributed by atoms with van der Waals surface area (Å²) in [6.07, 6.45) is 1.37. The van der Waals surface area contributed by atoms with Crippen LogP contribution in [-0.2, 0) is 14.8 Å². The van der Waals surface area contributed by atoms with Crippen molar-refractivity contribution < 1.29 is 17.9 Å². The number of anilines is 1. The fraction of sp³-hybridized carbons (Fsp3) is 0.350. The maximum absolute atomic E-state index is 12.5. The van der Waals surface area contributed by atoms with E-state index in [2.05, 4.69) is 4.72 Å². The van der Waals surface area contributed by atoms with Crippen molar-refractivity contribution >= 4 is 21.6 Å². The Balaban J connectivity index is 1.60. The lowest BCUT2D eigenvalue weighted by Gasteiger charge is -2.17. The fourth-order valence-electron chi connectivity index (χ4n) is 2.95. The van der Waals surface area contributed by atoms with E-state index in [0.29, 0.717) is 18.7 Å². The lowest BCUT2D eigenvalue weighted by Crippen LogP contribution is -2.36. The van der Waals surface area contributed by atoms with E-state index in [0.717, 1.165) is 17.7 Å². The largest absolute Gasteiger partial charge is 0.492 e. The molecule has 0 unspecified atom stereocenters. The molecular weight excluding hydrogens is 364 g/mol. The Kier molecular flexibility index (Phi) is 5.82. The SMILES string of the molecule is Cc1ccc(OC[C@@H](C)NS(=O)(=O)c2ccc(N3CCCC3=O)cc2)cc1. The van der Waals surface area contributed by atoms with E-state index >= 15 is 0 Å². The maximum Gasteiger partial charge on any atom is 0.240 e. The first-order valence-electron chi connectivity index (χ1n) is 8.97. The zero-order chi connectivity index (χ0) is 19.4. The van der Waals surface area contributed by atoms with Crippen LogP contribution in [0.4, 0.5) is 5.69 Å². The summed E-state index contributed by atoms with van der Waals surface area (Å²) in [7, 11) is -3.66. The highest BCUT2D eigenvalue weighted by Crippen LogP contribution is 2.23. The molecule has 6 nitrogen and oxygen atoms in total. The molecular formula is C20H24N2O4S. The number of aryl methyl sites for hydroxylation is 1. The molecule has 1 saturated heterocycles. The van der Waals surface area contributed by atoms with Gasteiger partial charge in [-0.1, -0.05) is 17.7 Å². The predicted molar refractivity (Wildman–Crippen MR) is 104 cm³/mol. The number of rotatable bonds is 7. The number of benzene rings is 2. The van der Waals surface area contributed by atoms with Gasteiger partial charge in [-0.25, -0.2) is 13.1 Å². The van der Waals surface area contributed by atoms with E-state index in [1.54, 1.807) is 24.0 Å². The number of hydrogen-bond acceptors (Lipinski definition) is 4. The van der Waals surface area contributed by atoms with Gasteiger partial charge in [0, 0.05) is 18.7 Å². The molecule has 0 aromatic heterocycles. The van der Waals surface area contributed by atoms with Crippen LogP contribution >= 0.6 is 0 Å².